The lowest BCUT2D eigenvalue weighted by Crippen LogP contribution is -2.12. The molecule has 0 saturated heterocycles. The van der Waals surface area contributed by atoms with Gasteiger partial charge in [0.05, 0.1) is 27.9 Å². The van der Waals surface area contributed by atoms with E-state index in [1.165, 1.54) is 12.1 Å². The summed E-state index contributed by atoms with van der Waals surface area (Å²) in [5, 5.41) is 10.2. The molecule has 30 heavy (non-hydrogen) atoms. The molecule has 0 unspecified atom stereocenters. The van der Waals surface area contributed by atoms with Gasteiger partial charge in [0.2, 0.25) is 20.0 Å². The standard InChI is InChI=1S/C20H18N4O4S2/c1-29(25,26)24-14-8-6-13(7-9-14)22-20-16-4-2-3-5-18(16)23-19-12-15(30(21,27)28)10-11-17(19)20/h2-12,24H,1H3,(H,22,23)(H2,21,27,28). The molecule has 0 spiro atoms. The van der Waals surface area contributed by atoms with E-state index in [1.54, 1.807) is 30.3 Å². The lowest BCUT2D eigenvalue weighted by atomic mass is 10.1. The number of hydrogen-bond donors (Lipinski definition) is 3. The summed E-state index contributed by atoms with van der Waals surface area (Å²) in [5.74, 6) is 0. The Bertz CT molecular complexity index is 1480. The molecule has 8 nitrogen and oxygen atoms in total. The summed E-state index contributed by atoms with van der Waals surface area (Å²) in [5.41, 5.74) is 3.10. The zero-order chi connectivity index (χ0) is 21.5. The van der Waals surface area contributed by atoms with Crippen molar-refractivity contribution in [3.05, 3.63) is 66.7 Å². The van der Waals surface area contributed by atoms with Crippen molar-refractivity contribution in [2.45, 2.75) is 4.90 Å². The zero-order valence-electron chi connectivity index (χ0n) is 15.8. The molecule has 0 aliphatic heterocycles. The van der Waals surface area contributed by atoms with E-state index in [1.807, 2.05) is 24.3 Å². The molecular formula is C20H18N4O4S2. The fourth-order valence-electron chi connectivity index (χ4n) is 3.16. The Morgan fingerprint density at radius 1 is 0.800 bits per heavy atom. The molecule has 0 aliphatic carbocycles. The Kier molecular flexibility index (Phi) is 4.85. The highest BCUT2D eigenvalue weighted by molar-refractivity contribution is 7.92. The third-order valence-electron chi connectivity index (χ3n) is 4.44. The average Bonchev–Trinajstić information content (AvgIpc) is 2.67. The number of sulfonamides is 2. The van der Waals surface area contributed by atoms with Gasteiger partial charge >= 0.3 is 0 Å². The summed E-state index contributed by atoms with van der Waals surface area (Å²) in [6, 6.07) is 18.8. The number of para-hydroxylation sites is 1. The van der Waals surface area contributed by atoms with Crippen LogP contribution in [0.5, 0.6) is 0 Å². The molecule has 0 atom stereocenters. The van der Waals surface area contributed by atoms with E-state index >= 15 is 0 Å². The number of rotatable bonds is 5. The second-order valence-electron chi connectivity index (χ2n) is 6.80. The molecule has 3 aromatic carbocycles. The van der Waals surface area contributed by atoms with Crippen LogP contribution in [0.1, 0.15) is 0 Å². The number of primary sulfonamides is 1. The number of benzene rings is 3. The first-order chi connectivity index (χ1) is 14.1. The van der Waals surface area contributed by atoms with E-state index in [0.29, 0.717) is 16.7 Å². The Hall–Kier alpha value is -3.21. The van der Waals surface area contributed by atoms with Gasteiger partial charge in [0.25, 0.3) is 0 Å². The quantitative estimate of drug-likeness (QED) is 0.407. The second kappa shape index (κ2) is 7.24. The van der Waals surface area contributed by atoms with Gasteiger partial charge in [-0.05, 0) is 48.5 Å². The minimum absolute atomic E-state index is 0.0140. The van der Waals surface area contributed by atoms with Crippen molar-refractivity contribution in [1.82, 2.24) is 4.98 Å². The monoisotopic (exact) mass is 442 g/mol. The molecule has 0 saturated carbocycles. The van der Waals surface area contributed by atoms with Gasteiger partial charge in [0.15, 0.2) is 0 Å². The summed E-state index contributed by atoms with van der Waals surface area (Å²) < 4.78 is 48.6. The number of nitrogens with one attached hydrogen (secondary N) is 2. The summed E-state index contributed by atoms with van der Waals surface area (Å²) in [4.78, 5) is 4.56. The number of fused-ring (bicyclic) bond motifs is 2. The first-order valence-corrected chi connectivity index (χ1v) is 12.2. The molecule has 0 aliphatic rings. The van der Waals surface area contributed by atoms with Crippen molar-refractivity contribution >= 4 is 58.9 Å². The van der Waals surface area contributed by atoms with Crippen molar-refractivity contribution < 1.29 is 16.8 Å². The molecule has 0 amide bonds. The highest BCUT2D eigenvalue weighted by Gasteiger charge is 2.14. The van der Waals surface area contributed by atoms with E-state index in [-0.39, 0.29) is 4.90 Å². The fraction of sp³-hybridized carbons (Fsp3) is 0.0500. The first-order valence-electron chi connectivity index (χ1n) is 8.80. The lowest BCUT2D eigenvalue weighted by Gasteiger charge is -2.14. The van der Waals surface area contributed by atoms with E-state index in [9.17, 15) is 16.8 Å². The number of nitrogens with zero attached hydrogens (tertiary/aromatic N) is 1. The van der Waals surface area contributed by atoms with Gasteiger partial charge in [0.1, 0.15) is 0 Å². The van der Waals surface area contributed by atoms with Crippen molar-refractivity contribution in [1.29, 1.82) is 0 Å². The van der Waals surface area contributed by atoms with Crippen molar-refractivity contribution in [3.8, 4) is 0 Å². The second-order valence-corrected chi connectivity index (χ2v) is 10.1. The molecular weight excluding hydrogens is 424 g/mol. The van der Waals surface area contributed by atoms with Gasteiger partial charge < -0.3 is 5.32 Å². The van der Waals surface area contributed by atoms with E-state index in [2.05, 4.69) is 15.0 Å². The predicted molar refractivity (Wildman–Crippen MR) is 119 cm³/mol. The smallest absolute Gasteiger partial charge is 0.238 e. The van der Waals surface area contributed by atoms with Crippen LogP contribution in [0.2, 0.25) is 0 Å². The van der Waals surface area contributed by atoms with Crippen LogP contribution >= 0.6 is 0 Å². The van der Waals surface area contributed by atoms with Gasteiger partial charge in [0, 0.05) is 22.1 Å². The van der Waals surface area contributed by atoms with Crippen LogP contribution in [0.25, 0.3) is 21.8 Å². The van der Waals surface area contributed by atoms with Crippen molar-refractivity contribution in [2.24, 2.45) is 5.14 Å². The summed E-state index contributed by atoms with van der Waals surface area (Å²) >= 11 is 0. The van der Waals surface area contributed by atoms with Crippen LogP contribution < -0.4 is 15.2 Å². The topological polar surface area (TPSA) is 131 Å². The van der Waals surface area contributed by atoms with Crippen LogP contribution in [-0.4, -0.2) is 28.1 Å². The minimum Gasteiger partial charge on any atom is -0.354 e. The van der Waals surface area contributed by atoms with Gasteiger partial charge in [-0.15, -0.1) is 0 Å². The number of anilines is 3. The van der Waals surface area contributed by atoms with E-state index < -0.39 is 20.0 Å². The first kappa shape index (κ1) is 20.1. The molecule has 4 N–H and O–H groups in total. The Labute approximate surface area is 173 Å². The number of pyridine rings is 1. The maximum atomic E-state index is 11.7. The molecule has 1 aromatic heterocycles. The Morgan fingerprint density at radius 3 is 2.10 bits per heavy atom. The third-order valence-corrected chi connectivity index (χ3v) is 5.96. The van der Waals surface area contributed by atoms with Crippen molar-refractivity contribution in [3.63, 3.8) is 0 Å². The highest BCUT2D eigenvalue weighted by atomic mass is 32.2. The predicted octanol–water partition coefficient (Wildman–Crippen LogP) is 3.15. The molecule has 154 valence electrons. The zero-order valence-corrected chi connectivity index (χ0v) is 17.5. The number of nitrogens with two attached hydrogens (primary N) is 1. The third kappa shape index (κ3) is 4.20. The normalized spacial score (nSPS) is 12.2. The molecule has 10 heteroatoms. The molecule has 1 heterocycles. The summed E-state index contributed by atoms with van der Waals surface area (Å²) in [7, 11) is -7.22. The average molecular weight is 443 g/mol. The maximum absolute atomic E-state index is 11.7. The Balaban J connectivity index is 1.84. The summed E-state index contributed by atoms with van der Waals surface area (Å²) in [6.45, 7) is 0. The number of hydrogen-bond acceptors (Lipinski definition) is 6. The molecule has 0 radical (unpaired) electrons. The van der Waals surface area contributed by atoms with Crippen molar-refractivity contribution in [2.75, 3.05) is 16.3 Å². The molecule has 4 rings (SSSR count). The SMILES string of the molecule is CS(=O)(=O)Nc1ccc(Nc2c3ccccc3nc3cc(S(N)(=O)=O)ccc23)cc1. The van der Waals surface area contributed by atoms with Crippen LogP contribution in [0.3, 0.4) is 0 Å². The fourth-order valence-corrected chi connectivity index (χ4v) is 4.26. The maximum Gasteiger partial charge on any atom is 0.238 e. The van der Waals surface area contributed by atoms with Gasteiger partial charge in [-0.1, -0.05) is 18.2 Å². The lowest BCUT2D eigenvalue weighted by molar-refractivity contribution is 0.597. The van der Waals surface area contributed by atoms with Crippen LogP contribution in [0.15, 0.2) is 71.6 Å². The molecule has 0 fully saturated rings. The van der Waals surface area contributed by atoms with Crippen LogP contribution in [-0.2, 0) is 20.0 Å². The van der Waals surface area contributed by atoms with Gasteiger partial charge in [-0.3, -0.25) is 4.72 Å². The Morgan fingerprint density at radius 2 is 1.43 bits per heavy atom. The van der Waals surface area contributed by atoms with Gasteiger partial charge in [-0.25, -0.2) is 27.0 Å². The van der Waals surface area contributed by atoms with E-state index in [0.717, 1.165) is 28.4 Å². The number of aromatic nitrogens is 1. The van der Waals surface area contributed by atoms with Crippen LogP contribution in [0.4, 0.5) is 17.1 Å². The van der Waals surface area contributed by atoms with E-state index in [4.69, 9.17) is 5.14 Å². The minimum atomic E-state index is -3.86. The molecule has 4 aromatic rings. The largest absolute Gasteiger partial charge is 0.354 e. The summed E-state index contributed by atoms with van der Waals surface area (Å²) in [6.07, 6.45) is 1.09. The van der Waals surface area contributed by atoms with Gasteiger partial charge in [-0.2, -0.15) is 0 Å². The van der Waals surface area contributed by atoms with Crippen LogP contribution in [0, 0.1) is 0 Å². The highest BCUT2D eigenvalue weighted by Crippen LogP contribution is 2.34. The molecule has 0 bridgehead atoms.